The fourth-order valence-electron chi connectivity index (χ4n) is 3.09. The van der Waals surface area contributed by atoms with Crippen molar-refractivity contribution in [3.63, 3.8) is 0 Å². The number of pyridine rings is 1. The Morgan fingerprint density at radius 3 is 2.78 bits per heavy atom. The maximum atomic E-state index is 12.5. The highest BCUT2D eigenvalue weighted by Gasteiger charge is 2.20. The van der Waals surface area contributed by atoms with Crippen molar-refractivity contribution in [1.82, 2.24) is 19.7 Å². The van der Waals surface area contributed by atoms with Crippen LogP contribution in [0.2, 0.25) is 0 Å². The van der Waals surface area contributed by atoms with Gasteiger partial charge in [0.05, 0.1) is 18.0 Å². The summed E-state index contributed by atoms with van der Waals surface area (Å²) in [7, 11) is 0. The molecule has 0 fully saturated rings. The summed E-state index contributed by atoms with van der Waals surface area (Å²) in [6, 6.07) is 17.8. The molecule has 162 valence electrons. The molecule has 2 N–H and O–H groups in total. The van der Waals surface area contributed by atoms with Crippen molar-refractivity contribution in [3.8, 4) is 28.6 Å². The number of anilines is 1. The number of aromatic hydroxyl groups is 1. The molecule has 0 atom stereocenters. The molecule has 0 spiro atoms. The fraction of sp³-hybridized carbons (Fsp3) is 0.130. The molecule has 1 amide bonds. The van der Waals surface area contributed by atoms with Gasteiger partial charge in [-0.05, 0) is 43.3 Å². The molecule has 0 radical (unpaired) electrons. The lowest BCUT2D eigenvalue weighted by Gasteiger charge is -2.14. The van der Waals surface area contributed by atoms with Crippen molar-refractivity contribution in [2.24, 2.45) is 0 Å². The van der Waals surface area contributed by atoms with E-state index in [0.29, 0.717) is 29.0 Å². The molecule has 2 heterocycles. The zero-order valence-electron chi connectivity index (χ0n) is 17.3. The van der Waals surface area contributed by atoms with Gasteiger partial charge in [0.25, 0.3) is 0 Å². The average Bonchev–Trinajstić information content (AvgIpc) is 3.23. The molecule has 2 aromatic carbocycles. The van der Waals surface area contributed by atoms with E-state index in [9.17, 15) is 9.90 Å². The molecule has 4 aromatic rings. The van der Waals surface area contributed by atoms with Gasteiger partial charge >= 0.3 is 0 Å². The van der Waals surface area contributed by atoms with E-state index in [-0.39, 0.29) is 17.4 Å². The molecule has 0 aliphatic rings. The van der Waals surface area contributed by atoms with E-state index in [4.69, 9.17) is 4.74 Å². The first kappa shape index (κ1) is 21.4. The number of thioether (sulfide) groups is 1. The summed E-state index contributed by atoms with van der Waals surface area (Å²) in [6.45, 7) is 2.43. The highest BCUT2D eigenvalue weighted by atomic mass is 32.2. The van der Waals surface area contributed by atoms with Gasteiger partial charge < -0.3 is 15.2 Å². The second-order valence-corrected chi connectivity index (χ2v) is 7.61. The Balaban J connectivity index is 1.64. The summed E-state index contributed by atoms with van der Waals surface area (Å²) in [5, 5.41) is 21.6. The van der Waals surface area contributed by atoms with Gasteiger partial charge in [-0.2, -0.15) is 0 Å². The normalized spacial score (nSPS) is 10.7. The SMILES string of the molecule is CCOc1ccccc1-n1c(SCC(=O)Nc2cccc(O)c2)nnc1-c1cccnc1. The number of benzene rings is 2. The Bertz CT molecular complexity index is 1210. The van der Waals surface area contributed by atoms with Crippen LogP contribution in [-0.4, -0.2) is 43.1 Å². The quantitative estimate of drug-likeness (QED) is 0.391. The third-order valence-electron chi connectivity index (χ3n) is 4.42. The minimum atomic E-state index is -0.226. The monoisotopic (exact) mass is 447 g/mol. The maximum absolute atomic E-state index is 12.5. The smallest absolute Gasteiger partial charge is 0.234 e. The van der Waals surface area contributed by atoms with E-state index >= 15 is 0 Å². The van der Waals surface area contributed by atoms with Crippen molar-refractivity contribution < 1.29 is 14.6 Å². The van der Waals surface area contributed by atoms with Crippen LogP contribution >= 0.6 is 11.8 Å². The summed E-state index contributed by atoms with van der Waals surface area (Å²) >= 11 is 1.25. The van der Waals surface area contributed by atoms with Crippen LogP contribution in [0.5, 0.6) is 11.5 Å². The highest BCUT2D eigenvalue weighted by molar-refractivity contribution is 7.99. The molecule has 0 saturated carbocycles. The molecule has 0 unspecified atom stereocenters. The van der Waals surface area contributed by atoms with Gasteiger partial charge in [0.2, 0.25) is 5.91 Å². The van der Waals surface area contributed by atoms with Crippen LogP contribution in [0.1, 0.15) is 6.92 Å². The molecule has 2 aromatic heterocycles. The first-order valence-electron chi connectivity index (χ1n) is 9.95. The minimum absolute atomic E-state index is 0.0869. The Hall–Kier alpha value is -3.85. The van der Waals surface area contributed by atoms with Gasteiger partial charge in [0.15, 0.2) is 11.0 Å². The number of para-hydroxylation sites is 2. The number of hydrogen-bond acceptors (Lipinski definition) is 7. The van der Waals surface area contributed by atoms with Gasteiger partial charge in [-0.15, -0.1) is 10.2 Å². The molecular formula is C23H21N5O3S. The molecule has 0 aliphatic carbocycles. The zero-order chi connectivity index (χ0) is 22.3. The number of carbonyl (C=O) groups excluding carboxylic acids is 1. The first-order chi connectivity index (χ1) is 15.7. The largest absolute Gasteiger partial charge is 0.508 e. The molecule has 4 rings (SSSR count). The topological polar surface area (TPSA) is 102 Å². The average molecular weight is 448 g/mol. The van der Waals surface area contributed by atoms with E-state index < -0.39 is 0 Å². The molecule has 9 heteroatoms. The number of nitrogens with one attached hydrogen (secondary N) is 1. The van der Waals surface area contributed by atoms with Crippen molar-refractivity contribution >= 4 is 23.4 Å². The van der Waals surface area contributed by atoms with E-state index in [1.54, 1.807) is 30.6 Å². The van der Waals surface area contributed by atoms with Crippen molar-refractivity contribution in [2.75, 3.05) is 17.7 Å². The van der Waals surface area contributed by atoms with Crippen LogP contribution in [0.15, 0.2) is 78.2 Å². The second-order valence-electron chi connectivity index (χ2n) is 6.67. The van der Waals surface area contributed by atoms with Crippen molar-refractivity contribution in [2.45, 2.75) is 12.1 Å². The lowest BCUT2D eigenvalue weighted by molar-refractivity contribution is -0.113. The number of aromatic nitrogens is 4. The van der Waals surface area contributed by atoms with E-state index in [2.05, 4.69) is 20.5 Å². The predicted molar refractivity (Wildman–Crippen MR) is 123 cm³/mol. The summed E-state index contributed by atoms with van der Waals surface area (Å²) in [5.74, 6) is 1.25. The Morgan fingerprint density at radius 1 is 1.12 bits per heavy atom. The number of phenols is 1. The van der Waals surface area contributed by atoms with E-state index in [0.717, 1.165) is 11.3 Å². The summed E-state index contributed by atoms with van der Waals surface area (Å²) in [5.41, 5.74) is 2.09. The van der Waals surface area contributed by atoms with E-state index in [1.807, 2.05) is 47.9 Å². The van der Waals surface area contributed by atoms with Crippen LogP contribution in [0.25, 0.3) is 17.1 Å². The number of hydrogen-bond donors (Lipinski definition) is 2. The molecule has 0 saturated heterocycles. The third-order valence-corrected chi connectivity index (χ3v) is 5.35. The van der Waals surface area contributed by atoms with E-state index in [1.165, 1.54) is 17.8 Å². The number of ether oxygens (including phenoxy) is 1. The molecule has 0 bridgehead atoms. The number of carbonyl (C=O) groups is 1. The summed E-state index contributed by atoms with van der Waals surface area (Å²) in [6.07, 6.45) is 3.41. The zero-order valence-corrected chi connectivity index (χ0v) is 18.1. The lowest BCUT2D eigenvalue weighted by Crippen LogP contribution is -2.14. The van der Waals surface area contributed by atoms with Crippen molar-refractivity contribution in [3.05, 3.63) is 73.1 Å². The Kier molecular flexibility index (Phi) is 6.66. The maximum Gasteiger partial charge on any atom is 0.234 e. The number of phenolic OH excluding ortho intramolecular Hbond substituents is 1. The first-order valence-corrected chi connectivity index (χ1v) is 10.9. The standard InChI is InChI=1S/C23H21N5O3S/c1-2-31-20-11-4-3-10-19(20)28-22(16-7-6-12-24-14-16)26-27-23(28)32-15-21(30)25-17-8-5-9-18(29)13-17/h3-14,29H,2,15H2,1H3,(H,25,30). The summed E-state index contributed by atoms with van der Waals surface area (Å²) in [4.78, 5) is 16.7. The third kappa shape index (κ3) is 4.89. The number of nitrogens with zero attached hydrogens (tertiary/aromatic N) is 4. The lowest BCUT2D eigenvalue weighted by atomic mass is 10.2. The fourth-order valence-corrected chi connectivity index (χ4v) is 3.84. The predicted octanol–water partition coefficient (Wildman–Crippen LogP) is 4.16. The molecule has 32 heavy (non-hydrogen) atoms. The van der Waals surface area contributed by atoms with Gasteiger partial charge in [-0.3, -0.25) is 14.3 Å². The van der Waals surface area contributed by atoms with Crippen LogP contribution in [-0.2, 0) is 4.79 Å². The molecule has 0 aliphatic heterocycles. The van der Waals surface area contributed by atoms with Crippen LogP contribution in [0.3, 0.4) is 0 Å². The Labute approximate surface area is 189 Å². The summed E-state index contributed by atoms with van der Waals surface area (Å²) < 4.78 is 7.69. The molecular weight excluding hydrogens is 426 g/mol. The molecule has 8 nitrogen and oxygen atoms in total. The van der Waals surface area contributed by atoms with Crippen LogP contribution in [0, 0.1) is 0 Å². The highest BCUT2D eigenvalue weighted by Crippen LogP contribution is 2.32. The number of rotatable bonds is 8. The number of amides is 1. The van der Waals surface area contributed by atoms with Crippen molar-refractivity contribution in [1.29, 1.82) is 0 Å². The van der Waals surface area contributed by atoms with Gasteiger partial charge in [0.1, 0.15) is 11.5 Å². The van der Waals surface area contributed by atoms with Crippen LogP contribution < -0.4 is 10.1 Å². The van der Waals surface area contributed by atoms with Gasteiger partial charge in [0, 0.05) is 29.7 Å². The van der Waals surface area contributed by atoms with Gasteiger partial charge in [-0.1, -0.05) is 30.0 Å². The Morgan fingerprint density at radius 2 is 2.00 bits per heavy atom. The second kappa shape index (κ2) is 9.97. The van der Waals surface area contributed by atoms with Gasteiger partial charge in [-0.25, -0.2) is 0 Å². The van der Waals surface area contributed by atoms with Crippen LogP contribution in [0.4, 0.5) is 5.69 Å². The minimum Gasteiger partial charge on any atom is -0.508 e.